The number of hydrogen-bond acceptors (Lipinski definition) is 5. The summed E-state index contributed by atoms with van der Waals surface area (Å²) < 4.78 is 5.80. The average molecular weight is 384 g/mol. The lowest BCUT2D eigenvalue weighted by Crippen LogP contribution is -2.33. The van der Waals surface area contributed by atoms with Gasteiger partial charge in [0.1, 0.15) is 12.8 Å². The normalized spacial score (nSPS) is 18.5. The summed E-state index contributed by atoms with van der Waals surface area (Å²) in [4.78, 5) is 11.5. The standard InChI is InChI=1S/C24H24N4O/c1-2-4-19(5-3-1)20-7-8-21-14-26-17-28(23(21)12-20)16-18-6-9-22(27-13-18)24-15-25-10-11-29-24/h1-9,12-14,24-25H,10-11,15-17H2. The quantitative estimate of drug-likeness (QED) is 0.743. The number of benzene rings is 2. The summed E-state index contributed by atoms with van der Waals surface area (Å²) in [7, 11) is 0. The second-order valence-electron chi connectivity index (χ2n) is 7.45. The maximum atomic E-state index is 5.80. The first-order chi connectivity index (χ1) is 14.4. The summed E-state index contributed by atoms with van der Waals surface area (Å²) in [6.45, 7) is 3.90. The molecule has 1 N–H and O–H groups in total. The molecule has 2 aliphatic heterocycles. The van der Waals surface area contributed by atoms with Gasteiger partial charge in [-0.05, 0) is 28.8 Å². The number of morpholine rings is 1. The molecule has 2 aliphatic rings. The smallest absolute Gasteiger partial charge is 0.112 e. The van der Waals surface area contributed by atoms with Gasteiger partial charge in [-0.2, -0.15) is 0 Å². The van der Waals surface area contributed by atoms with E-state index in [0.29, 0.717) is 6.67 Å². The van der Waals surface area contributed by atoms with E-state index in [-0.39, 0.29) is 6.10 Å². The Morgan fingerprint density at radius 1 is 1.03 bits per heavy atom. The Morgan fingerprint density at radius 2 is 1.97 bits per heavy atom. The molecular weight excluding hydrogens is 360 g/mol. The van der Waals surface area contributed by atoms with Gasteiger partial charge < -0.3 is 15.0 Å². The van der Waals surface area contributed by atoms with Gasteiger partial charge in [0.25, 0.3) is 0 Å². The minimum Gasteiger partial charge on any atom is -0.369 e. The van der Waals surface area contributed by atoms with Crippen molar-refractivity contribution < 1.29 is 4.74 Å². The molecule has 1 saturated heterocycles. The summed E-state index contributed by atoms with van der Waals surface area (Å²) in [6, 6.07) is 21.3. The van der Waals surface area contributed by atoms with Gasteiger partial charge in [-0.3, -0.25) is 9.98 Å². The fourth-order valence-electron chi connectivity index (χ4n) is 3.88. The van der Waals surface area contributed by atoms with Crippen molar-refractivity contribution in [3.8, 4) is 11.1 Å². The molecule has 0 radical (unpaired) electrons. The van der Waals surface area contributed by atoms with Crippen molar-refractivity contribution in [3.05, 3.63) is 83.7 Å². The van der Waals surface area contributed by atoms with Gasteiger partial charge in [-0.25, -0.2) is 0 Å². The number of anilines is 1. The van der Waals surface area contributed by atoms with E-state index in [0.717, 1.165) is 37.5 Å². The molecule has 0 spiro atoms. The van der Waals surface area contributed by atoms with Crippen LogP contribution in [-0.4, -0.2) is 37.6 Å². The molecule has 1 fully saturated rings. The second-order valence-corrected chi connectivity index (χ2v) is 7.45. The summed E-state index contributed by atoms with van der Waals surface area (Å²) in [5.41, 5.74) is 6.98. The van der Waals surface area contributed by atoms with Crippen LogP contribution in [0.25, 0.3) is 11.1 Å². The maximum Gasteiger partial charge on any atom is 0.112 e. The zero-order valence-electron chi connectivity index (χ0n) is 16.3. The Bertz CT molecular complexity index is 995. The van der Waals surface area contributed by atoms with E-state index in [1.165, 1.54) is 22.4 Å². The fourth-order valence-corrected chi connectivity index (χ4v) is 3.88. The minimum atomic E-state index is 0.0477. The molecule has 5 nitrogen and oxygen atoms in total. The van der Waals surface area contributed by atoms with Gasteiger partial charge in [-0.15, -0.1) is 0 Å². The monoisotopic (exact) mass is 384 g/mol. The Hall–Kier alpha value is -3.02. The first-order valence-corrected chi connectivity index (χ1v) is 10.1. The molecule has 29 heavy (non-hydrogen) atoms. The van der Waals surface area contributed by atoms with Crippen molar-refractivity contribution in [3.63, 3.8) is 0 Å². The number of pyridine rings is 1. The van der Waals surface area contributed by atoms with E-state index < -0.39 is 0 Å². The van der Waals surface area contributed by atoms with Gasteiger partial charge in [0, 0.05) is 43.3 Å². The van der Waals surface area contributed by atoms with Crippen LogP contribution in [0.1, 0.15) is 22.9 Å². The Balaban J connectivity index is 1.37. The lowest BCUT2D eigenvalue weighted by Gasteiger charge is -2.28. The van der Waals surface area contributed by atoms with Gasteiger partial charge in [0.2, 0.25) is 0 Å². The SMILES string of the molecule is C1=NCN(Cc2ccc(C3CNCCO3)nc2)c2cc(-c3ccccc3)ccc21. The van der Waals surface area contributed by atoms with Crippen LogP contribution in [0.4, 0.5) is 5.69 Å². The van der Waals surface area contributed by atoms with Crippen molar-refractivity contribution in [2.45, 2.75) is 12.6 Å². The summed E-state index contributed by atoms with van der Waals surface area (Å²) in [5.74, 6) is 0. The van der Waals surface area contributed by atoms with Crippen LogP contribution in [0.3, 0.4) is 0 Å². The van der Waals surface area contributed by atoms with Crippen LogP contribution in [-0.2, 0) is 11.3 Å². The van der Waals surface area contributed by atoms with Crippen LogP contribution >= 0.6 is 0 Å². The highest BCUT2D eigenvalue weighted by molar-refractivity contribution is 5.91. The van der Waals surface area contributed by atoms with E-state index in [2.05, 4.69) is 74.8 Å². The average Bonchev–Trinajstić information content (AvgIpc) is 2.81. The fraction of sp³-hybridized carbons (Fsp3) is 0.250. The Labute approximate surface area is 171 Å². The van der Waals surface area contributed by atoms with Crippen molar-refractivity contribution in [2.75, 3.05) is 31.3 Å². The van der Waals surface area contributed by atoms with E-state index in [4.69, 9.17) is 4.74 Å². The number of nitrogens with one attached hydrogen (secondary N) is 1. The number of ether oxygens (including phenoxy) is 1. The van der Waals surface area contributed by atoms with E-state index in [1.807, 2.05) is 18.5 Å². The van der Waals surface area contributed by atoms with Crippen LogP contribution in [0, 0.1) is 0 Å². The Morgan fingerprint density at radius 3 is 2.76 bits per heavy atom. The molecule has 2 aromatic carbocycles. The van der Waals surface area contributed by atoms with E-state index >= 15 is 0 Å². The second kappa shape index (κ2) is 8.15. The van der Waals surface area contributed by atoms with Crippen molar-refractivity contribution in [1.82, 2.24) is 10.3 Å². The van der Waals surface area contributed by atoms with Crippen LogP contribution in [0.5, 0.6) is 0 Å². The minimum absolute atomic E-state index is 0.0477. The molecule has 5 heteroatoms. The zero-order chi connectivity index (χ0) is 19.5. The van der Waals surface area contributed by atoms with Crippen LogP contribution < -0.4 is 10.2 Å². The molecule has 1 unspecified atom stereocenters. The first kappa shape index (κ1) is 18.0. The van der Waals surface area contributed by atoms with E-state index in [1.54, 1.807) is 0 Å². The van der Waals surface area contributed by atoms with Gasteiger partial charge in [0.15, 0.2) is 0 Å². The van der Waals surface area contributed by atoms with Crippen molar-refractivity contribution >= 4 is 11.9 Å². The molecule has 0 aliphatic carbocycles. The predicted molar refractivity (Wildman–Crippen MR) is 116 cm³/mol. The highest BCUT2D eigenvalue weighted by Crippen LogP contribution is 2.30. The lowest BCUT2D eigenvalue weighted by molar-refractivity contribution is 0.0250. The number of fused-ring (bicyclic) bond motifs is 1. The molecule has 5 rings (SSSR count). The third-order valence-electron chi connectivity index (χ3n) is 5.44. The third kappa shape index (κ3) is 3.92. The summed E-state index contributed by atoms with van der Waals surface area (Å²) in [5, 5.41) is 3.35. The van der Waals surface area contributed by atoms with Crippen molar-refractivity contribution in [2.24, 2.45) is 4.99 Å². The molecule has 1 aromatic heterocycles. The van der Waals surface area contributed by atoms with E-state index in [9.17, 15) is 0 Å². The highest BCUT2D eigenvalue weighted by Gasteiger charge is 2.18. The molecular formula is C24H24N4O. The molecule has 146 valence electrons. The summed E-state index contributed by atoms with van der Waals surface area (Å²) >= 11 is 0. The molecule has 0 bridgehead atoms. The molecule has 0 amide bonds. The van der Waals surface area contributed by atoms with Gasteiger partial charge >= 0.3 is 0 Å². The molecule has 0 saturated carbocycles. The van der Waals surface area contributed by atoms with Crippen molar-refractivity contribution in [1.29, 1.82) is 0 Å². The topological polar surface area (TPSA) is 49.8 Å². The van der Waals surface area contributed by atoms with Gasteiger partial charge in [0.05, 0.1) is 12.3 Å². The largest absolute Gasteiger partial charge is 0.369 e. The zero-order valence-corrected chi connectivity index (χ0v) is 16.3. The highest BCUT2D eigenvalue weighted by atomic mass is 16.5. The number of hydrogen-bond donors (Lipinski definition) is 1. The molecule has 1 atom stereocenters. The lowest BCUT2D eigenvalue weighted by atomic mass is 10.0. The maximum absolute atomic E-state index is 5.80. The third-order valence-corrected chi connectivity index (χ3v) is 5.44. The molecule has 3 heterocycles. The summed E-state index contributed by atoms with van der Waals surface area (Å²) in [6.07, 6.45) is 3.98. The number of nitrogens with zero attached hydrogens (tertiary/aromatic N) is 3. The number of aliphatic imine (C=N–C) groups is 1. The van der Waals surface area contributed by atoms with Gasteiger partial charge in [-0.1, -0.05) is 48.5 Å². The Kier molecular flexibility index (Phi) is 5.07. The van der Waals surface area contributed by atoms with Crippen LogP contribution in [0.15, 0.2) is 71.9 Å². The predicted octanol–water partition coefficient (Wildman–Crippen LogP) is 3.81. The first-order valence-electron chi connectivity index (χ1n) is 10.1. The van der Waals surface area contributed by atoms with Crippen LogP contribution in [0.2, 0.25) is 0 Å². The molecule has 3 aromatic rings. The number of rotatable bonds is 4. The number of aromatic nitrogens is 1.